The average Bonchev–Trinajstić information content (AvgIpc) is 1.86. The van der Waals surface area contributed by atoms with E-state index in [9.17, 15) is 0 Å². The number of hydrogen-bond acceptors (Lipinski definition) is 2. The Labute approximate surface area is 43.2 Å². The minimum atomic E-state index is 1.00. The Balaban J connectivity index is 2.32. The second-order valence-electron chi connectivity index (χ2n) is 1.34. The maximum atomic E-state index is 4.06. The summed E-state index contributed by atoms with van der Waals surface area (Å²) in [6.45, 7) is 2.01. The van der Waals surface area contributed by atoms with Gasteiger partial charge in [0.2, 0.25) is 0 Å². The summed E-state index contributed by atoms with van der Waals surface area (Å²) in [6.07, 6.45) is 4.21. The van der Waals surface area contributed by atoms with Gasteiger partial charge in [-0.3, -0.25) is 0 Å². The van der Waals surface area contributed by atoms with E-state index in [1.54, 1.807) is 0 Å². The molecule has 2 heteroatoms. The monoisotopic (exact) mass is 101 g/mol. The minimum Gasteiger partial charge on any atom is -0.246 e. The molecule has 0 spiro atoms. The normalized spacial score (nSPS) is 22.8. The van der Waals surface area contributed by atoms with Gasteiger partial charge in [-0.15, -0.1) is 0 Å². The molecule has 0 bridgehead atoms. The lowest BCUT2D eigenvalue weighted by atomic mass is 10.6. The molecule has 0 amide bonds. The second-order valence-corrected chi connectivity index (χ2v) is 1.91. The fraction of sp³-hybridized carbons (Fsp3) is 0.500. The Kier molecular flexibility index (Phi) is 1.17. The second kappa shape index (κ2) is 1.67. The molecule has 0 fully saturated rings. The van der Waals surface area contributed by atoms with Crippen molar-refractivity contribution in [2.24, 2.45) is 0 Å². The van der Waals surface area contributed by atoms with E-state index in [1.807, 2.05) is 4.31 Å². The van der Waals surface area contributed by atoms with Gasteiger partial charge in [0.25, 0.3) is 0 Å². The Bertz CT molecular complexity index is 61.9. The van der Waals surface area contributed by atoms with Crippen LogP contribution in [0.25, 0.3) is 0 Å². The molecule has 1 rings (SSSR count). The van der Waals surface area contributed by atoms with E-state index in [1.165, 1.54) is 0 Å². The van der Waals surface area contributed by atoms with Crippen molar-refractivity contribution in [3.63, 3.8) is 0 Å². The highest BCUT2D eigenvalue weighted by atomic mass is 32.1. The van der Waals surface area contributed by atoms with Crippen molar-refractivity contribution in [1.82, 2.24) is 4.31 Å². The van der Waals surface area contributed by atoms with Crippen LogP contribution in [0, 0.1) is 0 Å². The molecule has 34 valence electrons. The lowest BCUT2D eigenvalue weighted by Crippen LogP contribution is -2.04. The predicted octanol–water partition coefficient (Wildman–Crippen LogP) is 0.703. The molecule has 6 heavy (non-hydrogen) atoms. The van der Waals surface area contributed by atoms with Crippen LogP contribution in [0.1, 0.15) is 0 Å². The molecule has 0 atom stereocenters. The van der Waals surface area contributed by atoms with Crippen LogP contribution in [0.2, 0.25) is 0 Å². The number of hydrogen-bond donors (Lipinski definition) is 1. The lowest BCUT2D eigenvalue weighted by Gasteiger charge is -1.99. The third kappa shape index (κ3) is 0.758. The van der Waals surface area contributed by atoms with E-state index in [0.717, 1.165) is 13.1 Å². The Morgan fingerprint density at radius 1 is 1.33 bits per heavy atom. The summed E-state index contributed by atoms with van der Waals surface area (Å²) in [7, 11) is 0. The molecule has 1 heterocycles. The van der Waals surface area contributed by atoms with Gasteiger partial charge in [0, 0.05) is 13.1 Å². The zero-order chi connectivity index (χ0) is 4.41. The van der Waals surface area contributed by atoms with Crippen LogP contribution in [0.3, 0.4) is 0 Å². The van der Waals surface area contributed by atoms with Gasteiger partial charge in [0.05, 0.1) is 0 Å². The van der Waals surface area contributed by atoms with Crippen molar-refractivity contribution >= 4 is 12.8 Å². The summed E-state index contributed by atoms with van der Waals surface area (Å²) >= 11 is 4.06. The van der Waals surface area contributed by atoms with E-state index in [4.69, 9.17) is 0 Å². The van der Waals surface area contributed by atoms with Crippen molar-refractivity contribution in [1.29, 1.82) is 0 Å². The lowest BCUT2D eigenvalue weighted by molar-refractivity contribution is 0.619. The summed E-state index contributed by atoms with van der Waals surface area (Å²) in [5, 5.41) is 0. The molecular formula is C4H7NS. The van der Waals surface area contributed by atoms with Gasteiger partial charge >= 0.3 is 0 Å². The number of thiol groups is 1. The highest BCUT2D eigenvalue weighted by molar-refractivity contribution is 7.77. The third-order valence-electron chi connectivity index (χ3n) is 0.799. The number of nitrogens with zero attached hydrogens (tertiary/aromatic N) is 1. The van der Waals surface area contributed by atoms with Gasteiger partial charge in [-0.2, -0.15) is 0 Å². The SMILES string of the molecule is SN1CC=CC1. The molecule has 0 aliphatic carbocycles. The van der Waals surface area contributed by atoms with Crippen molar-refractivity contribution in [2.75, 3.05) is 13.1 Å². The van der Waals surface area contributed by atoms with E-state index in [-0.39, 0.29) is 0 Å². The molecule has 1 aliphatic heterocycles. The largest absolute Gasteiger partial charge is 0.246 e. The molecule has 1 nitrogen and oxygen atoms in total. The first-order valence-corrected chi connectivity index (χ1v) is 2.38. The van der Waals surface area contributed by atoms with E-state index < -0.39 is 0 Å². The Morgan fingerprint density at radius 2 is 1.83 bits per heavy atom. The van der Waals surface area contributed by atoms with Gasteiger partial charge < -0.3 is 0 Å². The van der Waals surface area contributed by atoms with Gasteiger partial charge in [-0.1, -0.05) is 25.0 Å². The topological polar surface area (TPSA) is 3.24 Å². The van der Waals surface area contributed by atoms with Gasteiger partial charge in [0.1, 0.15) is 0 Å². The molecule has 0 saturated carbocycles. The first-order chi connectivity index (χ1) is 2.89. The standard InChI is InChI=1S/C4H7NS/c6-5-3-1-2-4-5/h1-2,6H,3-4H2. The van der Waals surface area contributed by atoms with Gasteiger partial charge in [0.15, 0.2) is 0 Å². The van der Waals surface area contributed by atoms with E-state index in [2.05, 4.69) is 25.0 Å². The van der Waals surface area contributed by atoms with Crippen LogP contribution >= 0.6 is 12.8 Å². The molecule has 0 radical (unpaired) electrons. The van der Waals surface area contributed by atoms with E-state index >= 15 is 0 Å². The molecule has 0 aromatic carbocycles. The van der Waals surface area contributed by atoms with E-state index in [0.29, 0.717) is 0 Å². The van der Waals surface area contributed by atoms with Crippen LogP contribution in [0.4, 0.5) is 0 Å². The summed E-state index contributed by atoms with van der Waals surface area (Å²) < 4.78 is 1.94. The van der Waals surface area contributed by atoms with Crippen LogP contribution in [-0.4, -0.2) is 17.4 Å². The fourth-order valence-corrected chi connectivity index (χ4v) is 0.656. The smallest absolute Gasteiger partial charge is 0.0272 e. The van der Waals surface area contributed by atoms with Crippen molar-refractivity contribution in [3.05, 3.63) is 12.2 Å². The van der Waals surface area contributed by atoms with Crippen LogP contribution in [0.5, 0.6) is 0 Å². The molecule has 0 aromatic rings. The van der Waals surface area contributed by atoms with Crippen molar-refractivity contribution < 1.29 is 0 Å². The minimum absolute atomic E-state index is 1.00. The van der Waals surface area contributed by atoms with Crippen LogP contribution in [0.15, 0.2) is 12.2 Å². The molecule has 0 N–H and O–H groups in total. The summed E-state index contributed by atoms with van der Waals surface area (Å²) in [5.41, 5.74) is 0. The highest BCUT2D eigenvalue weighted by Gasteiger charge is 1.96. The van der Waals surface area contributed by atoms with Crippen LogP contribution in [-0.2, 0) is 0 Å². The maximum absolute atomic E-state index is 4.06. The summed E-state index contributed by atoms with van der Waals surface area (Å²) in [6, 6.07) is 0. The zero-order valence-electron chi connectivity index (χ0n) is 3.46. The summed E-state index contributed by atoms with van der Waals surface area (Å²) in [5.74, 6) is 0. The third-order valence-corrected chi connectivity index (χ3v) is 1.13. The fourth-order valence-electron chi connectivity index (χ4n) is 0.467. The Morgan fingerprint density at radius 3 is 2.00 bits per heavy atom. The first kappa shape index (κ1) is 4.22. The van der Waals surface area contributed by atoms with Gasteiger partial charge in [-0.25, -0.2) is 4.31 Å². The predicted molar refractivity (Wildman–Crippen MR) is 29.7 cm³/mol. The molecule has 0 saturated heterocycles. The molecular weight excluding hydrogens is 94.1 g/mol. The first-order valence-electron chi connectivity index (χ1n) is 1.98. The quantitative estimate of drug-likeness (QED) is 0.347. The average molecular weight is 101 g/mol. The number of rotatable bonds is 0. The highest BCUT2D eigenvalue weighted by Crippen LogP contribution is 1.98. The van der Waals surface area contributed by atoms with Crippen molar-refractivity contribution in [2.45, 2.75) is 0 Å². The maximum Gasteiger partial charge on any atom is 0.0272 e. The Hall–Kier alpha value is 0.0500. The van der Waals surface area contributed by atoms with Crippen LogP contribution < -0.4 is 0 Å². The molecule has 1 aliphatic rings. The van der Waals surface area contributed by atoms with Crippen molar-refractivity contribution in [3.8, 4) is 0 Å². The molecule has 0 unspecified atom stereocenters. The molecule has 0 aromatic heterocycles. The summed E-state index contributed by atoms with van der Waals surface area (Å²) in [4.78, 5) is 0. The zero-order valence-corrected chi connectivity index (χ0v) is 4.36. The van der Waals surface area contributed by atoms with Gasteiger partial charge in [-0.05, 0) is 0 Å².